The maximum atomic E-state index is 12.0. The second-order valence-electron chi connectivity index (χ2n) is 3.85. The van der Waals surface area contributed by atoms with Gasteiger partial charge < -0.3 is 15.2 Å². The molecule has 2 aromatic carbocycles. The number of amides is 1. The van der Waals surface area contributed by atoms with Gasteiger partial charge in [-0.15, -0.1) is 0 Å². The second-order valence-corrected chi connectivity index (χ2v) is 5.10. The number of carbonyl (C=O) groups is 1. The molecule has 0 unspecified atom stereocenters. The summed E-state index contributed by atoms with van der Waals surface area (Å²) in [6.45, 7) is 0. The van der Waals surface area contributed by atoms with Crippen LogP contribution in [-0.4, -0.2) is 18.1 Å². The molecule has 0 spiro atoms. The first kappa shape index (κ1) is 13.7. The molecule has 2 N–H and O–H groups in total. The van der Waals surface area contributed by atoms with Crippen molar-refractivity contribution in [3.05, 3.63) is 51.6 Å². The van der Waals surface area contributed by atoms with E-state index in [2.05, 4.69) is 27.9 Å². The number of anilines is 1. The van der Waals surface area contributed by atoms with Gasteiger partial charge in [0.05, 0.1) is 7.11 Å². The number of ether oxygens (including phenoxy) is 1. The first-order chi connectivity index (χ1) is 9.10. The van der Waals surface area contributed by atoms with Gasteiger partial charge in [-0.1, -0.05) is 6.07 Å². The third kappa shape index (κ3) is 3.37. The molecule has 0 aliphatic rings. The quantitative estimate of drug-likeness (QED) is 0.817. The summed E-state index contributed by atoms with van der Waals surface area (Å²) in [7, 11) is 1.46. The maximum Gasteiger partial charge on any atom is 0.255 e. The predicted octanol–water partition coefficient (Wildman–Crippen LogP) is 3.26. The Morgan fingerprint density at radius 2 is 2.05 bits per heavy atom. The number of halogens is 1. The Morgan fingerprint density at radius 1 is 1.26 bits per heavy atom. The minimum Gasteiger partial charge on any atom is -0.504 e. The molecule has 2 aromatic rings. The number of nitrogens with one attached hydrogen (secondary N) is 1. The van der Waals surface area contributed by atoms with Gasteiger partial charge in [0.1, 0.15) is 0 Å². The van der Waals surface area contributed by atoms with Crippen LogP contribution in [0.4, 0.5) is 5.69 Å². The third-order valence-corrected chi connectivity index (χ3v) is 3.19. The van der Waals surface area contributed by atoms with E-state index in [1.807, 2.05) is 24.3 Å². The highest BCUT2D eigenvalue weighted by Gasteiger charge is 2.09. The molecule has 19 heavy (non-hydrogen) atoms. The number of hydrogen-bond donors (Lipinski definition) is 2. The average Bonchev–Trinajstić information content (AvgIpc) is 2.38. The van der Waals surface area contributed by atoms with Crippen LogP contribution >= 0.6 is 22.6 Å². The van der Waals surface area contributed by atoms with Gasteiger partial charge in [-0.05, 0) is 59.0 Å². The number of hydrogen-bond acceptors (Lipinski definition) is 3. The van der Waals surface area contributed by atoms with E-state index in [4.69, 9.17) is 4.74 Å². The van der Waals surface area contributed by atoms with Gasteiger partial charge in [-0.25, -0.2) is 0 Å². The lowest BCUT2D eigenvalue weighted by Crippen LogP contribution is -2.11. The van der Waals surface area contributed by atoms with Crippen molar-refractivity contribution in [3.63, 3.8) is 0 Å². The van der Waals surface area contributed by atoms with E-state index in [0.717, 1.165) is 3.57 Å². The van der Waals surface area contributed by atoms with Crippen LogP contribution in [0.1, 0.15) is 10.4 Å². The molecule has 5 heteroatoms. The highest BCUT2D eigenvalue weighted by atomic mass is 127. The fourth-order valence-corrected chi connectivity index (χ4v) is 2.14. The smallest absolute Gasteiger partial charge is 0.255 e. The zero-order valence-electron chi connectivity index (χ0n) is 10.2. The van der Waals surface area contributed by atoms with Gasteiger partial charge in [0, 0.05) is 14.8 Å². The molecule has 0 aliphatic carbocycles. The Hall–Kier alpha value is -1.76. The van der Waals surface area contributed by atoms with Gasteiger partial charge in [0.15, 0.2) is 11.5 Å². The third-order valence-electron chi connectivity index (χ3n) is 2.52. The number of aromatic hydroxyl groups is 1. The van der Waals surface area contributed by atoms with Crippen LogP contribution in [0.25, 0.3) is 0 Å². The lowest BCUT2D eigenvalue weighted by molar-refractivity contribution is 0.102. The van der Waals surface area contributed by atoms with Crippen molar-refractivity contribution in [3.8, 4) is 11.5 Å². The molecule has 0 aliphatic heterocycles. The van der Waals surface area contributed by atoms with Crippen LogP contribution in [0, 0.1) is 3.57 Å². The molecule has 0 saturated carbocycles. The van der Waals surface area contributed by atoms with Crippen LogP contribution < -0.4 is 10.1 Å². The lowest BCUT2D eigenvalue weighted by Gasteiger charge is -2.08. The van der Waals surface area contributed by atoms with Crippen molar-refractivity contribution < 1.29 is 14.6 Å². The Labute approximate surface area is 124 Å². The van der Waals surface area contributed by atoms with Crippen LogP contribution in [-0.2, 0) is 0 Å². The first-order valence-corrected chi connectivity index (χ1v) is 6.62. The van der Waals surface area contributed by atoms with Crippen LogP contribution in [0.2, 0.25) is 0 Å². The number of rotatable bonds is 3. The molecule has 0 atom stereocenters. The largest absolute Gasteiger partial charge is 0.504 e. The van der Waals surface area contributed by atoms with Gasteiger partial charge in [-0.2, -0.15) is 0 Å². The molecule has 0 heterocycles. The fraction of sp³-hybridized carbons (Fsp3) is 0.0714. The van der Waals surface area contributed by atoms with E-state index in [0.29, 0.717) is 17.0 Å². The summed E-state index contributed by atoms with van der Waals surface area (Å²) in [6, 6.07) is 12.0. The minimum atomic E-state index is -0.278. The number of carbonyl (C=O) groups excluding carboxylic acids is 1. The topological polar surface area (TPSA) is 58.6 Å². The van der Waals surface area contributed by atoms with Crippen molar-refractivity contribution in [1.29, 1.82) is 0 Å². The minimum absolute atomic E-state index is 0.0576. The molecule has 98 valence electrons. The zero-order chi connectivity index (χ0) is 13.8. The van der Waals surface area contributed by atoms with Crippen molar-refractivity contribution >= 4 is 34.2 Å². The Morgan fingerprint density at radius 3 is 2.68 bits per heavy atom. The highest BCUT2D eigenvalue weighted by Crippen LogP contribution is 2.26. The van der Waals surface area contributed by atoms with Crippen molar-refractivity contribution in [2.75, 3.05) is 12.4 Å². The summed E-state index contributed by atoms with van der Waals surface area (Å²) >= 11 is 2.17. The molecule has 0 fully saturated rings. The lowest BCUT2D eigenvalue weighted by atomic mass is 10.2. The number of phenolic OH excluding ortho intramolecular Hbond substituents is 1. The summed E-state index contributed by atoms with van der Waals surface area (Å²) < 4.78 is 5.97. The predicted molar refractivity (Wildman–Crippen MR) is 81.8 cm³/mol. The molecule has 0 radical (unpaired) electrons. The molecular weight excluding hydrogens is 357 g/mol. The monoisotopic (exact) mass is 369 g/mol. The van der Waals surface area contributed by atoms with Gasteiger partial charge in [0.25, 0.3) is 5.91 Å². The number of phenols is 1. The number of methoxy groups -OCH3 is 1. The van der Waals surface area contributed by atoms with E-state index in [1.54, 1.807) is 12.1 Å². The Bertz CT molecular complexity index is 613. The van der Waals surface area contributed by atoms with E-state index >= 15 is 0 Å². The van der Waals surface area contributed by atoms with Crippen molar-refractivity contribution in [2.45, 2.75) is 0 Å². The Balaban J connectivity index is 2.18. The number of benzene rings is 2. The van der Waals surface area contributed by atoms with Crippen molar-refractivity contribution in [1.82, 2.24) is 0 Å². The first-order valence-electron chi connectivity index (χ1n) is 5.54. The molecule has 0 bridgehead atoms. The molecule has 2 rings (SSSR count). The van der Waals surface area contributed by atoms with Crippen molar-refractivity contribution in [2.24, 2.45) is 0 Å². The van der Waals surface area contributed by atoms with Gasteiger partial charge in [0.2, 0.25) is 0 Å². The SMILES string of the molecule is COc1ccc(C(=O)Nc2cccc(I)c2)cc1O. The maximum absolute atomic E-state index is 12.0. The molecule has 0 saturated heterocycles. The normalized spacial score (nSPS) is 10.0. The van der Waals surface area contributed by atoms with E-state index in [-0.39, 0.29) is 11.7 Å². The molecule has 0 aromatic heterocycles. The summed E-state index contributed by atoms with van der Waals surface area (Å²) in [5.74, 6) is 0.00329. The standard InChI is InChI=1S/C14H12INO3/c1-19-13-6-5-9(7-12(13)17)14(18)16-11-4-2-3-10(15)8-11/h2-8,17H,1H3,(H,16,18). The molecule has 1 amide bonds. The van der Waals surface area contributed by atoms with Crippen LogP contribution in [0.15, 0.2) is 42.5 Å². The Kier molecular flexibility index (Phi) is 4.26. The summed E-state index contributed by atoms with van der Waals surface area (Å²) in [6.07, 6.45) is 0. The van der Waals surface area contributed by atoms with Crippen LogP contribution in [0.3, 0.4) is 0 Å². The fourth-order valence-electron chi connectivity index (χ4n) is 1.60. The molecule has 4 nitrogen and oxygen atoms in total. The summed E-state index contributed by atoms with van der Waals surface area (Å²) in [4.78, 5) is 12.0. The average molecular weight is 369 g/mol. The highest BCUT2D eigenvalue weighted by molar-refractivity contribution is 14.1. The van der Waals surface area contributed by atoms with E-state index < -0.39 is 0 Å². The summed E-state index contributed by atoms with van der Waals surface area (Å²) in [5.41, 5.74) is 1.09. The van der Waals surface area contributed by atoms with Gasteiger partial charge in [-0.3, -0.25) is 4.79 Å². The molecular formula is C14H12INO3. The van der Waals surface area contributed by atoms with E-state index in [1.165, 1.54) is 13.2 Å². The zero-order valence-corrected chi connectivity index (χ0v) is 12.3. The van der Waals surface area contributed by atoms with Crippen LogP contribution in [0.5, 0.6) is 11.5 Å². The second kappa shape index (κ2) is 5.92. The van der Waals surface area contributed by atoms with Gasteiger partial charge >= 0.3 is 0 Å². The van der Waals surface area contributed by atoms with E-state index in [9.17, 15) is 9.90 Å². The summed E-state index contributed by atoms with van der Waals surface area (Å²) in [5, 5.41) is 12.4.